The van der Waals surface area contributed by atoms with Crippen LogP contribution >= 0.6 is 0 Å². The van der Waals surface area contributed by atoms with Gasteiger partial charge in [-0.3, -0.25) is 4.79 Å². The molecule has 1 saturated carbocycles. The molecular weight excluding hydrogens is 257 g/mol. The van der Waals surface area contributed by atoms with E-state index in [9.17, 15) is 9.18 Å². The first kappa shape index (κ1) is 14.7. The molecule has 0 saturated heterocycles. The number of nitrogens with one attached hydrogen (secondary N) is 1. The van der Waals surface area contributed by atoms with Crippen LogP contribution in [0.3, 0.4) is 0 Å². The van der Waals surface area contributed by atoms with E-state index in [1.54, 1.807) is 25.1 Å². The van der Waals surface area contributed by atoms with Gasteiger partial charge in [0, 0.05) is 18.2 Å². The number of hydrogen-bond donors (Lipinski definition) is 2. The predicted octanol–water partition coefficient (Wildman–Crippen LogP) is 2.51. The Morgan fingerprint density at radius 1 is 1.45 bits per heavy atom. The smallest absolute Gasteiger partial charge is 0.247 e. The summed E-state index contributed by atoms with van der Waals surface area (Å²) in [6.45, 7) is 1.82. The zero-order valence-corrected chi connectivity index (χ0v) is 11.6. The van der Waals surface area contributed by atoms with Crippen molar-refractivity contribution in [1.29, 1.82) is 0 Å². The number of carbonyl (C=O) groups excluding carboxylic acids is 1. The van der Waals surface area contributed by atoms with Crippen LogP contribution in [0.4, 0.5) is 4.39 Å². The molecule has 3 nitrogen and oxygen atoms in total. The van der Waals surface area contributed by atoms with Gasteiger partial charge in [0.2, 0.25) is 5.91 Å². The number of halogens is 1. The van der Waals surface area contributed by atoms with Gasteiger partial charge in [-0.1, -0.05) is 12.1 Å². The highest BCUT2D eigenvalue weighted by atomic mass is 19.1. The maximum atomic E-state index is 12.8. The second kappa shape index (κ2) is 6.66. The number of benzene rings is 1. The molecule has 0 radical (unpaired) electrons. The summed E-state index contributed by atoms with van der Waals surface area (Å²) < 4.78 is 12.8. The van der Waals surface area contributed by atoms with Crippen LogP contribution in [0.1, 0.15) is 31.7 Å². The van der Waals surface area contributed by atoms with E-state index in [2.05, 4.69) is 5.32 Å². The summed E-state index contributed by atoms with van der Waals surface area (Å²) in [5.41, 5.74) is 1.38. The molecule has 1 aromatic rings. The van der Waals surface area contributed by atoms with Crippen LogP contribution in [-0.2, 0) is 4.79 Å². The summed E-state index contributed by atoms with van der Waals surface area (Å²) in [5, 5.41) is 12.0. The monoisotopic (exact) mass is 277 g/mol. The highest BCUT2D eigenvalue weighted by molar-refractivity contribution is 5.97. The number of hydrogen-bond acceptors (Lipinski definition) is 2. The minimum atomic E-state index is -0.291. The highest BCUT2D eigenvalue weighted by Gasteiger charge is 2.31. The Balaban J connectivity index is 1.98. The Morgan fingerprint density at radius 3 is 2.65 bits per heavy atom. The van der Waals surface area contributed by atoms with Gasteiger partial charge in [-0.2, -0.15) is 0 Å². The molecule has 1 aliphatic carbocycles. The molecule has 0 aromatic heterocycles. The van der Waals surface area contributed by atoms with Gasteiger partial charge in [0.25, 0.3) is 0 Å². The second-order valence-corrected chi connectivity index (χ2v) is 5.31. The van der Waals surface area contributed by atoms with Crippen molar-refractivity contribution < 1.29 is 14.3 Å². The van der Waals surface area contributed by atoms with E-state index < -0.39 is 0 Å². The summed E-state index contributed by atoms with van der Waals surface area (Å²) in [7, 11) is 0. The third kappa shape index (κ3) is 4.17. The van der Waals surface area contributed by atoms with Crippen molar-refractivity contribution in [2.75, 3.05) is 6.61 Å². The maximum absolute atomic E-state index is 12.8. The first-order valence-electron chi connectivity index (χ1n) is 6.95. The molecule has 0 spiro atoms. The Bertz CT molecular complexity index is 492. The third-order valence-corrected chi connectivity index (χ3v) is 3.56. The molecule has 108 valence electrons. The number of amides is 1. The van der Waals surface area contributed by atoms with Gasteiger partial charge >= 0.3 is 0 Å². The Kier molecular flexibility index (Phi) is 4.90. The van der Waals surface area contributed by atoms with E-state index in [1.165, 1.54) is 12.1 Å². The summed E-state index contributed by atoms with van der Waals surface area (Å²) in [6.07, 6.45) is 4.56. The van der Waals surface area contributed by atoms with Gasteiger partial charge in [0.15, 0.2) is 0 Å². The lowest BCUT2D eigenvalue weighted by atomic mass is 10.1. The zero-order chi connectivity index (χ0) is 14.5. The summed E-state index contributed by atoms with van der Waals surface area (Å²) >= 11 is 0. The normalized spacial score (nSPS) is 16.9. The number of aliphatic hydroxyl groups is 1. The molecule has 20 heavy (non-hydrogen) atoms. The molecule has 1 aromatic carbocycles. The van der Waals surface area contributed by atoms with Crippen molar-refractivity contribution in [2.24, 2.45) is 5.92 Å². The van der Waals surface area contributed by atoms with Crippen molar-refractivity contribution in [3.05, 3.63) is 41.2 Å². The average molecular weight is 277 g/mol. The van der Waals surface area contributed by atoms with Crippen LogP contribution in [-0.4, -0.2) is 23.7 Å². The third-order valence-electron chi connectivity index (χ3n) is 3.56. The number of rotatable bonds is 6. The van der Waals surface area contributed by atoms with Gasteiger partial charge < -0.3 is 10.4 Å². The molecule has 1 amide bonds. The summed E-state index contributed by atoms with van der Waals surface area (Å²) in [4.78, 5) is 12.1. The molecule has 1 atom stereocenters. The molecule has 2 N–H and O–H groups in total. The predicted molar refractivity (Wildman–Crippen MR) is 76.4 cm³/mol. The second-order valence-electron chi connectivity index (χ2n) is 5.31. The van der Waals surface area contributed by atoms with E-state index in [0.717, 1.165) is 18.4 Å². The molecular formula is C16H20FNO2. The van der Waals surface area contributed by atoms with Crippen molar-refractivity contribution in [1.82, 2.24) is 5.32 Å². The largest absolute Gasteiger partial charge is 0.396 e. The highest BCUT2D eigenvalue weighted by Crippen LogP contribution is 2.34. The maximum Gasteiger partial charge on any atom is 0.247 e. The molecule has 4 heteroatoms. The summed E-state index contributed by atoms with van der Waals surface area (Å²) in [6, 6.07) is 6.08. The molecule has 1 unspecified atom stereocenters. The molecule has 1 aliphatic rings. The van der Waals surface area contributed by atoms with E-state index in [-0.39, 0.29) is 24.4 Å². The summed E-state index contributed by atoms with van der Waals surface area (Å²) in [5.74, 6) is 0.0883. The van der Waals surface area contributed by atoms with Crippen LogP contribution in [0.15, 0.2) is 29.8 Å². The van der Waals surface area contributed by atoms with Crippen LogP contribution in [0.2, 0.25) is 0 Å². The van der Waals surface area contributed by atoms with E-state index in [1.807, 2.05) is 0 Å². The molecule has 0 heterocycles. The average Bonchev–Trinajstić information content (AvgIpc) is 3.25. The first-order chi connectivity index (χ1) is 9.60. The van der Waals surface area contributed by atoms with E-state index in [4.69, 9.17) is 5.11 Å². The van der Waals surface area contributed by atoms with Crippen molar-refractivity contribution >= 4 is 12.0 Å². The van der Waals surface area contributed by atoms with Crippen molar-refractivity contribution in [3.8, 4) is 0 Å². The quantitative estimate of drug-likeness (QED) is 0.785. The van der Waals surface area contributed by atoms with Crippen LogP contribution in [0.25, 0.3) is 6.08 Å². The van der Waals surface area contributed by atoms with Gasteiger partial charge in [-0.15, -0.1) is 0 Å². The molecule has 0 bridgehead atoms. The fraction of sp³-hybridized carbons (Fsp3) is 0.438. The lowest BCUT2D eigenvalue weighted by Crippen LogP contribution is -2.37. The van der Waals surface area contributed by atoms with Crippen LogP contribution in [0.5, 0.6) is 0 Å². The Hall–Kier alpha value is -1.68. The van der Waals surface area contributed by atoms with Gasteiger partial charge in [0.1, 0.15) is 5.82 Å². The van der Waals surface area contributed by atoms with Crippen molar-refractivity contribution in [2.45, 2.75) is 32.2 Å². The molecule has 0 aliphatic heterocycles. The first-order valence-corrected chi connectivity index (χ1v) is 6.95. The van der Waals surface area contributed by atoms with Gasteiger partial charge in [-0.25, -0.2) is 4.39 Å². The fourth-order valence-corrected chi connectivity index (χ4v) is 2.22. The Labute approximate surface area is 118 Å². The van der Waals surface area contributed by atoms with E-state index >= 15 is 0 Å². The van der Waals surface area contributed by atoms with Gasteiger partial charge in [0.05, 0.1) is 0 Å². The number of carbonyl (C=O) groups is 1. The SMILES string of the molecule is C/C(=C/c1ccc(F)cc1)C(=O)NC(CCO)C1CC1. The minimum absolute atomic E-state index is 0.0593. The molecule has 2 rings (SSSR count). The zero-order valence-electron chi connectivity index (χ0n) is 11.6. The van der Waals surface area contributed by atoms with Gasteiger partial charge in [-0.05, 0) is 55.9 Å². The standard InChI is InChI=1S/C16H20FNO2/c1-11(10-12-2-6-14(17)7-3-12)16(20)18-15(8-9-19)13-4-5-13/h2-3,6-7,10,13,15,19H,4-5,8-9H2,1H3,(H,18,20)/b11-10-. The lowest BCUT2D eigenvalue weighted by Gasteiger charge is -2.17. The number of aliphatic hydroxyl groups excluding tert-OH is 1. The molecule has 1 fully saturated rings. The van der Waals surface area contributed by atoms with Crippen LogP contribution < -0.4 is 5.32 Å². The topological polar surface area (TPSA) is 49.3 Å². The van der Waals surface area contributed by atoms with E-state index in [0.29, 0.717) is 17.9 Å². The minimum Gasteiger partial charge on any atom is -0.396 e. The Morgan fingerprint density at radius 2 is 2.10 bits per heavy atom. The van der Waals surface area contributed by atoms with Crippen molar-refractivity contribution in [3.63, 3.8) is 0 Å². The van der Waals surface area contributed by atoms with Crippen LogP contribution in [0, 0.1) is 11.7 Å². The fourth-order valence-electron chi connectivity index (χ4n) is 2.22. The lowest BCUT2D eigenvalue weighted by molar-refractivity contribution is -0.118.